The highest BCUT2D eigenvalue weighted by atomic mass is 28.4. The zero-order valence-electron chi connectivity index (χ0n) is 11.6. The third-order valence-corrected chi connectivity index (χ3v) is 8.23. The second-order valence-corrected chi connectivity index (χ2v) is 8.23. The predicted molar refractivity (Wildman–Crippen MR) is 71.1 cm³/mol. The van der Waals surface area contributed by atoms with Gasteiger partial charge >= 0.3 is 8.56 Å². The number of nitrogens with two attached hydrogens (primary N) is 1. The maximum atomic E-state index is 6.29. The van der Waals surface area contributed by atoms with Crippen LogP contribution in [0.1, 0.15) is 40.5 Å². The first-order valence-corrected chi connectivity index (χ1v) is 8.76. The van der Waals surface area contributed by atoms with Crippen molar-refractivity contribution in [3.63, 3.8) is 0 Å². The van der Waals surface area contributed by atoms with Gasteiger partial charge in [0.25, 0.3) is 0 Å². The van der Waals surface area contributed by atoms with E-state index in [2.05, 4.69) is 6.92 Å². The fourth-order valence-electron chi connectivity index (χ4n) is 2.82. The van der Waals surface area contributed by atoms with Crippen LogP contribution in [0.5, 0.6) is 0 Å². The smallest absolute Gasteiger partial charge is 0.372 e. The molecule has 0 bridgehead atoms. The van der Waals surface area contributed by atoms with E-state index in [1.807, 2.05) is 20.8 Å². The zero-order chi connectivity index (χ0) is 12.9. The Morgan fingerprint density at radius 3 is 2.24 bits per heavy atom. The van der Waals surface area contributed by atoms with Gasteiger partial charge in [-0.05, 0) is 46.6 Å². The molecule has 1 heterocycles. The number of rotatable bonds is 6. The molecular formula is C12H27NO3Si. The summed E-state index contributed by atoms with van der Waals surface area (Å²) >= 11 is 0. The molecule has 1 rings (SSSR count). The molecule has 5 heteroatoms. The van der Waals surface area contributed by atoms with Gasteiger partial charge in [0.1, 0.15) is 5.22 Å². The maximum Gasteiger partial charge on any atom is 0.372 e. The van der Waals surface area contributed by atoms with Gasteiger partial charge in [-0.1, -0.05) is 0 Å². The maximum absolute atomic E-state index is 6.29. The Morgan fingerprint density at radius 2 is 1.76 bits per heavy atom. The molecule has 0 aromatic heterocycles. The van der Waals surface area contributed by atoms with Crippen LogP contribution in [0.15, 0.2) is 0 Å². The molecule has 0 aromatic carbocycles. The van der Waals surface area contributed by atoms with Gasteiger partial charge in [0, 0.05) is 25.9 Å². The first-order valence-electron chi connectivity index (χ1n) is 6.73. The van der Waals surface area contributed by atoms with Crippen LogP contribution in [0.4, 0.5) is 0 Å². The molecule has 0 radical (unpaired) electrons. The Morgan fingerprint density at radius 1 is 1.18 bits per heavy atom. The third-order valence-electron chi connectivity index (χ3n) is 3.68. The lowest BCUT2D eigenvalue weighted by atomic mass is 10.1. The van der Waals surface area contributed by atoms with E-state index in [1.54, 1.807) is 0 Å². The highest BCUT2D eigenvalue weighted by Gasteiger charge is 2.60. The van der Waals surface area contributed by atoms with Crippen LogP contribution in [-0.4, -0.2) is 39.6 Å². The van der Waals surface area contributed by atoms with E-state index in [4.69, 9.17) is 19.3 Å². The van der Waals surface area contributed by atoms with Crippen LogP contribution in [0.3, 0.4) is 0 Å². The van der Waals surface area contributed by atoms with Crippen molar-refractivity contribution >= 4 is 8.56 Å². The largest absolute Gasteiger partial charge is 0.393 e. The Hall–Kier alpha value is 0.0569. The highest BCUT2D eigenvalue weighted by Crippen LogP contribution is 2.39. The van der Waals surface area contributed by atoms with Gasteiger partial charge in [0.05, 0.1) is 0 Å². The molecule has 1 saturated heterocycles. The van der Waals surface area contributed by atoms with E-state index in [0.717, 1.165) is 18.9 Å². The molecule has 2 N–H and O–H groups in total. The highest BCUT2D eigenvalue weighted by molar-refractivity contribution is 6.71. The molecule has 1 aliphatic heterocycles. The van der Waals surface area contributed by atoms with Crippen molar-refractivity contribution in [1.29, 1.82) is 0 Å². The molecule has 0 amide bonds. The molecular weight excluding hydrogens is 234 g/mol. The van der Waals surface area contributed by atoms with Gasteiger partial charge < -0.3 is 19.3 Å². The molecule has 1 fully saturated rings. The topological polar surface area (TPSA) is 53.7 Å². The van der Waals surface area contributed by atoms with Crippen molar-refractivity contribution in [2.75, 3.05) is 19.8 Å². The lowest BCUT2D eigenvalue weighted by Crippen LogP contribution is -2.72. The Labute approximate surface area is 106 Å². The summed E-state index contributed by atoms with van der Waals surface area (Å²) in [7, 11) is -2.37. The van der Waals surface area contributed by atoms with Crippen LogP contribution in [0.2, 0.25) is 6.04 Å². The summed E-state index contributed by atoms with van der Waals surface area (Å²) < 4.78 is 18.1. The summed E-state index contributed by atoms with van der Waals surface area (Å²) in [5.74, 6) is 0. The van der Waals surface area contributed by atoms with E-state index < -0.39 is 13.8 Å². The summed E-state index contributed by atoms with van der Waals surface area (Å²) in [5, 5.41) is -0.425. The number of hydrogen-bond donors (Lipinski definition) is 1. The third kappa shape index (κ3) is 2.74. The Bertz CT molecular complexity index is 228. The van der Waals surface area contributed by atoms with Crippen LogP contribution in [0, 0.1) is 0 Å². The summed E-state index contributed by atoms with van der Waals surface area (Å²) in [5.41, 5.74) is 6.29. The first-order chi connectivity index (χ1) is 8.06. The summed E-state index contributed by atoms with van der Waals surface area (Å²) in [4.78, 5) is 0. The van der Waals surface area contributed by atoms with E-state index in [1.165, 1.54) is 0 Å². The second kappa shape index (κ2) is 6.29. The van der Waals surface area contributed by atoms with Gasteiger partial charge in [-0.2, -0.15) is 0 Å². The lowest BCUT2D eigenvalue weighted by Gasteiger charge is -2.50. The average Bonchev–Trinajstić information content (AvgIpc) is 2.27. The van der Waals surface area contributed by atoms with Gasteiger partial charge in [0.15, 0.2) is 0 Å². The van der Waals surface area contributed by atoms with Crippen molar-refractivity contribution in [2.45, 2.75) is 57.8 Å². The van der Waals surface area contributed by atoms with Gasteiger partial charge in [-0.3, -0.25) is 0 Å². The molecule has 0 saturated carbocycles. The van der Waals surface area contributed by atoms with Gasteiger partial charge in [-0.15, -0.1) is 0 Å². The molecule has 0 spiro atoms. The van der Waals surface area contributed by atoms with Crippen molar-refractivity contribution in [3.8, 4) is 0 Å². The molecule has 0 aromatic rings. The number of hydrogen-bond acceptors (Lipinski definition) is 4. The second-order valence-electron chi connectivity index (χ2n) is 4.66. The van der Waals surface area contributed by atoms with Gasteiger partial charge in [0.2, 0.25) is 0 Å². The Kier molecular flexibility index (Phi) is 5.59. The SMILES string of the molecule is CCOC1(C)C(N)CCC[Si]1(OCC)OCC. The van der Waals surface area contributed by atoms with Crippen LogP contribution < -0.4 is 5.73 Å². The minimum Gasteiger partial charge on any atom is -0.393 e. The average molecular weight is 261 g/mol. The molecule has 1 aliphatic rings. The van der Waals surface area contributed by atoms with Crippen LogP contribution in [-0.2, 0) is 13.6 Å². The van der Waals surface area contributed by atoms with E-state index in [9.17, 15) is 0 Å². The molecule has 2 atom stereocenters. The lowest BCUT2D eigenvalue weighted by molar-refractivity contribution is -0.0397. The standard InChI is InChI=1S/C12H27NO3Si/c1-5-14-12(4)11(13)9-8-10-17(12,15-6-2)16-7-3/h11H,5-10,13H2,1-4H3. The van der Waals surface area contributed by atoms with Gasteiger partial charge in [-0.25, -0.2) is 0 Å². The van der Waals surface area contributed by atoms with E-state index >= 15 is 0 Å². The van der Waals surface area contributed by atoms with E-state index in [0.29, 0.717) is 19.8 Å². The fraction of sp³-hybridized carbons (Fsp3) is 1.00. The van der Waals surface area contributed by atoms with Crippen LogP contribution in [0.25, 0.3) is 0 Å². The number of ether oxygens (including phenoxy) is 1. The van der Waals surface area contributed by atoms with E-state index in [-0.39, 0.29) is 6.04 Å². The summed E-state index contributed by atoms with van der Waals surface area (Å²) in [6.07, 6.45) is 2.07. The summed E-state index contributed by atoms with van der Waals surface area (Å²) in [6.45, 7) is 10.1. The molecule has 4 nitrogen and oxygen atoms in total. The van der Waals surface area contributed by atoms with Crippen molar-refractivity contribution in [2.24, 2.45) is 5.73 Å². The molecule has 2 unspecified atom stereocenters. The normalized spacial score (nSPS) is 32.6. The Balaban J connectivity index is 3.02. The minimum atomic E-state index is -2.37. The van der Waals surface area contributed by atoms with Crippen molar-refractivity contribution < 1.29 is 13.6 Å². The van der Waals surface area contributed by atoms with Crippen LogP contribution >= 0.6 is 0 Å². The monoisotopic (exact) mass is 261 g/mol. The molecule has 0 aliphatic carbocycles. The van der Waals surface area contributed by atoms with Crippen molar-refractivity contribution in [1.82, 2.24) is 0 Å². The zero-order valence-corrected chi connectivity index (χ0v) is 12.6. The summed E-state index contributed by atoms with van der Waals surface area (Å²) in [6, 6.07) is 1.000. The first kappa shape index (κ1) is 15.1. The molecule has 17 heavy (non-hydrogen) atoms. The fourth-order valence-corrected chi connectivity index (χ4v) is 6.93. The quantitative estimate of drug-likeness (QED) is 0.743. The van der Waals surface area contributed by atoms with Crippen molar-refractivity contribution in [3.05, 3.63) is 0 Å². The minimum absolute atomic E-state index is 0.0148. The predicted octanol–water partition coefficient (Wildman–Crippen LogP) is 1.96. The molecule has 102 valence electrons.